The lowest BCUT2D eigenvalue weighted by Crippen LogP contribution is -2.36. The van der Waals surface area contributed by atoms with E-state index in [1.54, 1.807) is 14.2 Å². The number of benzene rings is 1. The van der Waals surface area contributed by atoms with Crippen LogP contribution in [0.5, 0.6) is 11.5 Å². The van der Waals surface area contributed by atoms with Crippen LogP contribution in [-0.4, -0.2) is 49.2 Å². The molecule has 0 radical (unpaired) electrons. The van der Waals surface area contributed by atoms with Gasteiger partial charge in [0.05, 0.1) is 32.3 Å². The van der Waals surface area contributed by atoms with Crippen molar-refractivity contribution in [3.63, 3.8) is 0 Å². The Morgan fingerprint density at radius 1 is 1.21 bits per heavy atom. The van der Waals surface area contributed by atoms with Crippen LogP contribution in [0.3, 0.4) is 0 Å². The van der Waals surface area contributed by atoms with Crippen LogP contribution in [0.1, 0.15) is 49.3 Å². The number of methoxy groups -OCH3 is 2. The Morgan fingerprint density at radius 3 is 2.79 bits per heavy atom. The standard InChI is InChI=1S/C21H29N3O4S/c1-27-16-9-12-7-8-14(13(12)10-17(16)28-2)22-19(25)6-4-3-5-18-20-15(11-29-18)23-21(26)24-20/h9-10,14-15,18,20H,3-8,11H2,1-2H3,(H,22,25)(H2,23,24,26). The zero-order valence-corrected chi connectivity index (χ0v) is 17.8. The molecular weight excluding hydrogens is 390 g/mol. The van der Waals surface area contributed by atoms with Gasteiger partial charge >= 0.3 is 6.03 Å². The number of rotatable bonds is 8. The molecule has 7 nitrogen and oxygen atoms in total. The topological polar surface area (TPSA) is 88.7 Å². The number of hydrogen-bond donors (Lipinski definition) is 3. The number of unbranched alkanes of at least 4 members (excludes halogenated alkanes) is 1. The summed E-state index contributed by atoms with van der Waals surface area (Å²) in [7, 11) is 3.27. The molecular formula is C21H29N3O4S. The molecule has 2 heterocycles. The molecule has 2 aliphatic heterocycles. The Hall–Kier alpha value is -2.09. The summed E-state index contributed by atoms with van der Waals surface area (Å²) >= 11 is 1.92. The predicted octanol–water partition coefficient (Wildman–Crippen LogP) is 2.53. The Kier molecular flexibility index (Phi) is 6.08. The van der Waals surface area contributed by atoms with Gasteiger partial charge in [-0.15, -0.1) is 0 Å². The zero-order chi connectivity index (χ0) is 20.4. The van der Waals surface area contributed by atoms with Crippen molar-refractivity contribution in [2.45, 2.75) is 61.9 Å². The van der Waals surface area contributed by atoms with Crippen molar-refractivity contribution in [2.24, 2.45) is 0 Å². The predicted molar refractivity (Wildman–Crippen MR) is 113 cm³/mol. The Morgan fingerprint density at radius 2 is 2.00 bits per heavy atom. The van der Waals surface area contributed by atoms with Gasteiger partial charge in [0.1, 0.15) is 0 Å². The molecule has 0 aromatic heterocycles. The van der Waals surface area contributed by atoms with E-state index in [0.29, 0.717) is 17.4 Å². The second-order valence-corrected chi connectivity index (χ2v) is 9.20. The maximum Gasteiger partial charge on any atom is 0.315 e. The molecule has 4 unspecified atom stereocenters. The highest BCUT2D eigenvalue weighted by atomic mass is 32.2. The van der Waals surface area contributed by atoms with E-state index in [1.165, 1.54) is 5.56 Å². The van der Waals surface area contributed by atoms with Crippen molar-refractivity contribution in [1.82, 2.24) is 16.0 Å². The van der Waals surface area contributed by atoms with E-state index >= 15 is 0 Å². The first-order valence-corrected chi connectivity index (χ1v) is 11.4. The smallest absolute Gasteiger partial charge is 0.315 e. The SMILES string of the molecule is COc1cc2c(cc1OC)C(NC(=O)CCCCC1SCC3NC(=O)NC31)CC2. The van der Waals surface area contributed by atoms with E-state index in [2.05, 4.69) is 16.0 Å². The van der Waals surface area contributed by atoms with Crippen molar-refractivity contribution >= 4 is 23.7 Å². The minimum atomic E-state index is -0.0456. The summed E-state index contributed by atoms with van der Waals surface area (Å²) in [5, 5.41) is 9.63. The Balaban J connectivity index is 1.23. The van der Waals surface area contributed by atoms with Crippen LogP contribution < -0.4 is 25.4 Å². The van der Waals surface area contributed by atoms with Crippen LogP contribution >= 0.6 is 11.8 Å². The molecule has 2 fully saturated rings. The maximum absolute atomic E-state index is 12.5. The minimum absolute atomic E-state index is 0.0447. The fourth-order valence-corrected chi connectivity index (χ4v) is 6.17. The number of aryl methyl sites for hydroxylation is 1. The first-order chi connectivity index (χ1) is 14.1. The molecule has 1 aromatic carbocycles. The fraction of sp³-hybridized carbons (Fsp3) is 0.619. The van der Waals surface area contributed by atoms with Crippen molar-refractivity contribution in [1.29, 1.82) is 0 Å². The highest BCUT2D eigenvalue weighted by Gasteiger charge is 2.42. The second-order valence-electron chi connectivity index (χ2n) is 7.93. The summed E-state index contributed by atoms with van der Waals surface area (Å²) < 4.78 is 10.8. The lowest BCUT2D eigenvalue weighted by Gasteiger charge is -2.17. The van der Waals surface area contributed by atoms with Crippen molar-refractivity contribution < 1.29 is 19.1 Å². The van der Waals surface area contributed by atoms with Gasteiger partial charge in [0.2, 0.25) is 5.91 Å². The Labute approximate surface area is 175 Å². The molecule has 4 atom stereocenters. The third-order valence-corrected chi connectivity index (χ3v) is 7.65. The van der Waals surface area contributed by atoms with Crippen molar-refractivity contribution in [3.8, 4) is 11.5 Å². The number of fused-ring (bicyclic) bond motifs is 2. The summed E-state index contributed by atoms with van der Waals surface area (Å²) in [6.45, 7) is 0. The molecule has 0 bridgehead atoms. The summed E-state index contributed by atoms with van der Waals surface area (Å²) in [4.78, 5) is 23.9. The van der Waals surface area contributed by atoms with E-state index in [9.17, 15) is 9.59 Å². The summed E-state index contributed by atoms with van der Waals surface area (Å²) in [5.41, 5.74) is 2.35. The first-order valence-electron chi connectivity index (χ1n) is 10.3. The molecule has 8 heteroatoms. The number of urea groups is 1. The molecule has 1 aromatic rings. The molecule has 158 valence electrons. The number of thioether (sulfide) groups is 1. The second kappa shape index (κ2) is 8.73. The lowest BCUT2D eigenvalue weighted by molar-refractivity contribution is -0.122. The first kappa shape index (κ1) is 20.2. The molecule has 0 spiro atoms. The van der Waals surface area contributed by atoms with E-state index in [1.807, 2.05) is 23.9 Å². The fourth-order valence-electron chi connectivity index (χ4n) is 4.62. The molecule has 2 saturated heterocycles. The van der Waals surface area contributed by atoms with Gasteiger partial charge in [0, 0.05) is 17.4 Å². The third-order valence-electron chi connectivity index (χ3n) is 6.14. The number of carbonyl (C=O) groups is 2. The largest absolute Gasteiger partial charge is 0.493 e. The average molecular weight is 420 g/mol. The molecule has 3 N–H and O–H groups in total. The number of ether oxygens (including phenoxy) is 2. The number of nitrogens with one attached hydrogen (secondary N) is 3. The summed E-state index contributed by atoms with van der Waals surface area (Å²) in [5.74, 6) is 2.52. The van der Waals surface area contributed by atoms with Gasteiger partial charge < -0.3 is 25.4 Å². The monoisotopic (exact) mass is 419 g/mol. The summed E-state index contributed by atoms with van der Waals surface area (Å²) in [6.07, 6.45) is 5.27. The van der Waals surface area contributed by atoms with Gasteiger partial charge in [0.25, 0.3) is 0 Å². The number of amides is 3. The van der Waals surface area contributed by atoms with Crippen molar-refractivity contribution in [2.75, 3.05) is 20.0 Å². The van der Waals surface area contributed by atoms with E-state index in [-0.39, 0.29) is 30.1 Å². The number of hydrogen-bond acceptors (Lipinski definition) is 5. The minimum Gasteiger partial charge on any atom is -0.493 e. The van der Waals surface area contributed by atoms with Crippen LogP contribution in [-0.2, 0) is 11.2 Å². The van der Waals surface area contributed by atoms with Crippen LogP contribution in [0.4, 0.5) is 4.79 Å². The molecule has 29 heavy (non-hydrogen) atoms. The average Bonchev–Trinajstić information content (AvgIpc) is 3.39. The molecule has 0 saturated carbocycles. The lowest BCUT2D eigenvalue weighted by atomic mass is 10.0. The molecule has 3 amide bonds. The highest BCUT2D eigenvalue weighted by molar-refractivity contribution is 8.00. The van der Waals surface area contributed by atoms with E-state index < -0.39 is 0 Å². The van der Waals surface area contributed by atoms with Gasteiger partial charge in [-0.05, 0) is 48.9 Å². The van der Waals surface area contributed by atoms with Gasteiger partial charge in [0.15, 0.2) is 11.5 Å². The molecule has 3 aliphatic rings. The van der Waals surface area contributed by atoms with Crippen LogP contribution in [0.2, 0.25) is 0 Å². The number of carbonyl (C=O) groups excluding carboxylic acids is 2. The summed E-state index contributed by atoms with van der Waals surface area (Å²) in [6, 6.07) is 4.51. The Bertz CT molecular complexity index is 787. The highest BCUT2D eigenvalue weighted by Crippen LogP contribution is 2.39. The molecule has 4 rings (SSSR count). The van der Waals surface area contributed by atoms with Crippen molar-refractivity contribution in [3.05, 3.63) is 23.3 Å². The molecule has 1 aliphatic carbocycles. The van der Waals surface area contributed by atoms with Gasteiger partial charge in [-0.25, -0.2) is 4.79 Å². The maximum atomic E-state index is 12.5. The normalized spacial score (nSPS) is 27.0. The van der Waals surface area contributed by atoms with E-state index in [0.717, 1.165) is 49.2 Å². The quantitative estimate of drug-likeness (QED) is 0.445. The van der Waals surface area contributed by atoms with Crippen LogP contribution in [0.15, 0.2) is 12.1 Å². The van der Waals surface area contributed by atoms with Gasteiger partial charge in [-0.3, -0.25) is 4.79 Å². The third kappa shape index (κ3) is 4.27. The van der Waals surface area contributed by atoms with Gasteiger partial charge in [-0.1, -0.05) is 6.42 Å². The zero-order valence-electron chi connectivity index (χ0n) is 17.0. The van der Waals surface area contributed by atoms with E-state index in [4.69, 9.17) is 9.47 Å². The van der Waals surface area contributed by atoms with Crippen LogP contribution in [0.25, 0.3) is 0 Å². The van der Waals surface area contributed by atoms with Crippen LogP contribution in [0, 0.1) is 0 Å². The van der Waals surface area contributed by atoms with Gasteiger partial charge in [-0.2, -0.15) is 11.8 Å².